The smallest absolute Gasteiger partial charge is 0.252 e. The van der Waals surface area contributed by atoms with Crippen LogP contribution in [0.5, 0.6) is 0 Å². The Hall–Kier alpha value is -1.61. The van der Waals surface area contributed by atoms with Gasteiger partial charge in [-0.2, -0.15) is 0 Å². The Morgan fingerprint density at radius 3 is 2.48 bits per heavy atom. The third-order valence-electron chi connectivity index (χ3n) is 4.17. The van der Waals surface area contributed by atoms with Crippen LogP contribution in [0.25, 0.3) is 0 Å². The fourth-order valence-corrected chi connectivity index (χ4v) is 2.72. The summed E-state index contributed by atoms with van der Waals surface area (Å²) >= 11 is 0. The van der Waals surface area contributed by atoms with Crippen LogP contribution in [0.4, 0.5) is 0 Å². The minimum Gasteiger partial charge on any atom is -0.367 e. The SMILES string of the molecule is CCCCC1=CC(O)(C(C)C)N(Cc2ccccc2)C1=O. The monoisotopic (exact) mass is 287 g/mol. The van der Waals surface area contributed by atoms with Gasteiger partial charge in [0.15, 0.2) is 5.72 Å². The van der Waals surface area contributed by atoms with Gasteiger partial charge in [-0.3, -0.25) is 4.79 Å². The normalized spacial score (nSPS) is 22.0. The first-order valence-corrected chi connectivity index (χ1v) is 7.79. The quantitative estimate of drug-likeness (QED) is 0.870. The molecule has 3 heteroatoms. The lowest BCUT2D eigenvalue weighted by molar-refractivity contribution is -0.150. The van der Waals surface area contributed by atoms with Crippen molar-refractivity contribution in [1.29, 1.82) is 0 Å². The van der Waals surface area contributed by atoms with E-state index >= 15 is 0 Å². The van der Waals surface area contributed by atoms with Gasteiger partial charge in [-0.05, 0) is 24.5 Å². The highest BCUT2D eigenvalue weighted by Crippen LogP contribution is 2.35. The molecule has 1 aromatic carbocycles. The van der Waals surface area contributed by atoms with Crippen LogP contribution in [0.3, 0.4) is 0 Å². The van der Waals surface area contributed by atoms with E-state index in [2.05, 4.69) is 6.92 Å². The standard InChI is InChI=1S/C18H25NO2/c1-4-5-11-16-12-18(21,14(2)3)19(17(16)20)13-15-9-7-6-8-10-15/h6-10,12,14,21H,4-5,11,13H2,1-3H3. The predicted octanol–water partition coefficient (Wildman–Crippen LogP) is 3.49. The molecule has 1 amide bonds. The second-order valence-corrected chi connectivity index (χ2v) is 6.09. The van der Waals surface area contributed by atoms with Gasteiger partial charge >= 0.3 is 0 Å². The molecule has 0 radical (unpaired) electrons. The van der Waals surface area contributed by atoms with Gasteiger partial charge in [0.05, 0.1) is 0 Å². The molecule has 1 N–H and O–H groups in total. The van der Waals surface area contributed by atoms with Gasteiger partial charge < -0.3 is 10.0 Å². The lowest BCUT2D eigenvalue weighted by atomic mass is 9.98. The Morgan fingerprint density at radius 2 is 1.90 bits per heavy atom. The summed E-state index contributed by atoms with van der Waals surface area (Å²) in [5, 5.41) is 11.0. The molecule has 1 unspecified atom stereocenters. The fourth-order valence-electron chi connectivity index (χ4n) is 2.72. The molecule has 1 aliphatic heterocycles. The third-order valence-corrected chi connectivity index (χ3v) is 4.17. The highest BCUT2D eigenvalue weighted by atomic mass is 16.3. The lowest BCUT2D eigenvalue weighted by Gasteiger charge is -2.36. The van der Waals surface area contributed by atoms with Gasteiger partial charge in [0.25, 0.3) is 5.91 Å². The third kappa shape index (κ3) is 3.18. The summed E-state index contributed by atoms with van der Waals surface area (Å²) in [6.45, 7) is 6.45. The number of hydrogen-bond donors (Lipinski definition) is 1. The molecule has 1 heterocycles. The molecule has 2 rings (SSSR count). The molecular weight excluding hydrogens is 262 g/mol. The van der Waals surface area contributed by atoms with Crippen LogP contribution in [0.1, 0.15) is 45.6 Å². The van der Waals surface area contributed by atoms with Crippen LogP contribution in [0.15, 0.2) is 42.0 Å². The van der Waals surface area contributed by atoms with E-state index in [1.165, 1.54) is 0 Å². The minimum absolute atomic E-state index is 0.0245. The van der Waals surface area contributed by atoms with E-state index in [1.54, 1.807) is 11.0 Å². The zero-order valence-electron chi connectivity index (χ0n) is 13.2. The number of hydrogen-bond acceptors (Lipinski definition) is 2. The van der Waals surface area contributed by atoms with Crippen LogP contribution in [0.2, 0.25) is 0 Å². The highest BCUT2D eigenvalue weighted by Gasteiger charge is 2.45. The number of carbonyl (C=O) groups excluding carboxylic acids is 1. The maximum atomic E-state index is 12.6. The topological polar surface area (TPSA) is 40.5 Å². The van der Waals surface area contributed by atoms with Crippen LogP contribution in [-0.4, -0.2) is 21.6 Å². The first-order chi connectivity index (χ1) is 9.99. The Bertz CT molecular complexity index is 521. The van der Waals surface area contributed by atoms with E-state index in [-0.39, 0.29) is 11.8 Å². The van der Waals surface area contributed by atoms with E-state index < -0.39 is 5.72 Å². The van der Waals surface area contributed by atoms with Crippen molar-refractivity contribution in [3.8, 4) is 0 Å². The summed E-state index contributed by atoms with van der Waals surface area (Å²) in [6, 6.07) is 9.83. The molecule has 3 nitrogen and oxygen atoms in total. The number of nitrogens with zero attached hydrogens (tertiary/aromatic N) is 1. The van der Waals surface area contributed by atoms with Crippen molar-refractivity contribution in [3.63, 3.8) is 0 Å². The molecule has 1 aromatic rings. The van der Waals surface area contributed by atoms with Gasteiger partial charge in [-0.15, -0.1) is 0 Å². The number of rotatable bonds is 6. The van der Waals surface area contributed by atoms with Gasteiger partial charge in [-0.1, -0.05) is 57.5 Å². The van der Waals surface area contributed by atoms with Crippen molar-refractivity contribution in [2.75, 3.05) is 0 Å². The Labute approximate surface area is 127 Å². The van der Waals surface area contributed by atoms with Gasteiger partial charge in [0.2, 0.25) is 0 Å². The summed E-state index contributed by atoms with van der Waals surface area (Å²) in [5.41, 5.74) is 0.620. The zero-order valence-corrected chi connectivity index (χ0v) is 13.2. The molecule has 0 aromatic heterocycles. The molecule has 114 valence electrons. The van der Waals surface area contributed by atoms with Crippen molar-refractivity contribution in [2.45, 2.75) is 52.3 Å². The first-order valence-electron chi connectivity index (χ1n) is 7.79. The largest absolute Gasteiger partial charge is 0.367 e. The van der Waals surface area contributed by atoms with Crippen molar-refractivity contribution < 1.29 is 9.90 Å². The van der Waals surface area contributed by atoms with Gasteiger partial charge in [0, 0.05) is 18.0 Å². The van der Waals surface area contributed by atoms with Crippen molar-refractivity contribution >= 4 is 5.91 Å². The number of amides is 1. The average molecular weight is 287 g/mol. The highest BCUT2D eigenvalue weighted by molar-refractivity contribution is 5.96. The summed E-state index contributed by atoms with van der Waals surface area (Å²) < 4.78 is 0. The Kier molecular flexibility index (Phi) is 4.84. The van der Waals surface area contributed by atoms with E-state index in [4.69, 9.17) is 0 Å². The predicted molar refractivity (Wildman–Crippen MR) is 84.4 cm³/mol. The van der Waals surface area contributed by atoms with E-state index in [0.29, 0.717) is 6.54 Å². The van der Waals surface area contributed by atoms with Gasteiger partial charge in [0.1, 0.15) is 0 Å². The molecule has 21 heavy (non-hydrogen) atoms. The zero-order chi connectivity index (χ0) is 15.5. The van der Waals surface area contributed by atoms with E-state index in [0.717, 1.165) is 30.4 Å². The molecule has 0 bridgehead atoms. The average Bonchev–Trinajstić information content (AvgIpc) is 2.72. The molecular formula is C18H25NO2. The first kappa shape index (κ1) is 15.8. The van der Waals surface area contributed by atoms with Crippen LogP contribution in [-0.2, 0) is 11.3 Å². The maximum Gasteiger partial charge on any atom is 0.252 e. The summed E-state index contributed by atoms with van der Waals surface area (Å²) in [4.78, 5) is 14.2. The van der Waals surface area contributed by atoms with Crippen LogP contribution < -0.4 is 0 Å². The number of carbonyl (C=O) groups is 1. The second-order valence-electron chi connectivity index (χ2n) is 6.09. The molecule has 0 fully saturated rings. The minimum atomic E-state index is -1.17. The lowest BCUT2D eigenvalue weighted by Crippen LogP contribution is -2.49. The van der Waals surface area contributed by atoms with E-state index in [1.807, 2.05) is 44.2 Å². The maximum absolute atomic E-state index is 12.6. The molecule has 0 saturated heterocycles. The molecule has 0 saturated carbocycles. The van der Waals surface area contributed by atoms with Crippen molar-refractivity contribution in [1.82, 2.24) is 4.90 Å². The van der Waals surface area contributed by atoms with Crippen LogP contribution >= 0.6 is 0 Å². The number of benzene rings is 1. The summed E-state index contributed by atoms with van der Waals surface area (Å²) in [6.07, 6.45) is 4.54. The Morgan fingerprint density at radius 1 is 1.24 bits per heavy atom. The molecule has 0 spiro atoms. The van der Waals surface area contributed by atoms with Crippen LogP contribution in [0, 0.1) is 5.92 Å². The molecule has 0 aliphatic carbocycles. The number of unbranched alkanes of at least 4 members (excludes halogenated alkanes) is 1. The summed E-state index contributed by atoms with van der Waals surface area (Å²) in [7, 11) is 0. The van der Waals surface area contributed by atoms with Crippen molar-refractivity contribution in [2.24, 2.45) is 5.92 Å². The Balaban J connectivity index is 2.25. The van der Waals surface area contributed by atoms with E-state index in [9.17, 15) is 9.90 Å². The van der Waals surface area contributed by atoms with Crippen molar-refractivity contribution in [3.05, 3.63) is 47.5 Å². The molecule has 1 atom stereocenters. The second kappa shape index (κ2) is 6.44. The summed E-state index contributed by atoms with van der Waals surface area (Å²) in [5.74, 6) is -0.0622. The van der Waals surface area contributed by atoms with Gasteiger partial charge in [-0.25, -0.2) is 0 Å². The fraction of sp³-hybridized carbons (Fsp3) is 0.500. The number of aliphatic hydroxyl groups is 1. The molecule has 1 aliphatic rings.